The second-order valence-corrected chi connectivity index (χ2v) is 3.92. The molecule has 1 amide bonds. The van der Waals surface area contributed by atoms with Crippen molar-refractivity contribution in [2.24, 2.45) is 0 Å². The molecule has 5 nitrogen and oxygen atoms in total. The van der Waals surface area contributed by atoms with Crippen LogP contribution in [0.4, 0.5) is 5.69 Å². The van der Waals surface area contributed by atoms with E-state index in [0.717, 1.165) is 0 Å². The number of imidazole rings is 1. The number of rotatable bonds is 4. The van der Waals surface area contributed by atoms with Crippen LogP contribution in [0, 0.1) is 0 Å². The van der Waals surface area contributed by atoms with Crippen molar-refractivity contribution < 1.29 is 9.59 Å². The molecule has 1 heterocycles. The Hall–Kier alpha value is -2.43. The molecule has 18 heavy (non-hydrogen) atoms. The van der Waals surface area contributed by atoms with Crippen LogP contribution in [0.25, 0.3) is 0 Å². The average Bonchev–Trinajstić information content (AvgIpc) is 2.82. The highest BCUT2D eigenvalue weighted by Gasteiger charge is 2.04. The summed E-state index contributed by atoms with van der Waals surface area (Å²) >= 11 is 0. The molecule has 0 unspecified atom stereocenters. The summed E-state index contributed by atoms with van der Waals surface area (Å²) in [5.74, 6) is -0.130. The lowest BCUT2D eigenvalue weighted by Gasteiger charge is -2.06. The molecule has 1 N–H and O–H groups in total. The molecule has 0 radical (unpaired) electrons. The Kier molecular flexibility index (Phi) is 3.52. The Balaban J connectivity index is 1.97. The number of carbonyl (C=O) groups excluding carboxylic acids is 2. The highest BCUT2D eigenvalue weighted by Crippen LogP contribution is 2.10. The normalized spacial score (nSPS) is 10.1. The summed E-state index contributed by atoms with van der Waals surface area (Å²) < 4.78 is 1.68. The summed E-state index contributed by atoms with van der Waals surface area (Å²) in [4.78, 5) is 26.6. The summed E-state index contributed by atoms with van der Waals surface area (Å²) in [6.07, 6.45) is 4.92. The van der Waals surface area contributed by atoms with E-state index in [1.165, 1.54) is 6.92 Å². The van der Waals surface area contributed by atoms with E-state index < -0.39 is 0 Å². The number of nitrogens with zero attached hydrogens (tertiary/aromatic N) is 2. The number of hydrogen-bond acceptors (Lipinski definition) is 3. The molecule has 2 aromatic rings. The van der Waals surface area contributed by atoms with Crippen LogP contribution in [-0.2, 0) is 11.3 Å². The Morgan fingerprint density at radius 3 is 2.56 bits per heavy atom. The van der Waals surface area contributed by atoms with Gasteiger partial charge in [0, 0.05) is 23.6 Å². The van der Waals surface area contributed by atoms with Crippen molar-refractivity contribution in [2.45, 2.75) is 13.5 Å². The molecule has 92 valence electrons. The molecule has 0 fully saturated rings. The number of hydrogen-bond donors (Lipinski definition) is 1. The number of benzene rings is 1. The van der Waals surface area contributed by atoms with Gasteiger partial charge in [0.1, 0.15) is 6.54 Å². The highest BCUT2D eigenvalue weighted by atomic mass is 16.2. The van der Waals surface area contributed by atoms with Crippen LogP contribution in [0.5, 0.6) is 0 Å². The van der Waals surface area contributed by atoms with E-state index in [0.29, 0.717) is 11.3 Å². The maximum Gasteiger partial charge on any atom is 0.244 e. The monoisotopic (exact) mass is 243 g/mol. The van der Waals surface area contributed by atoms with E-state index in [9.17, 15) is 9.59 Å². The molecular formula is C13H13N3O2. The van der Waals surface area contributed by atoms with Gasteiger partial charge in [0.2, 0.25) is 5.91 Å². The first kappa shape index (κ1) is 12.0. The van der Waals surface area contributed by atoms with Crippen LogP contribution >= 0.6 is 0 Å². The molecular weight excluding hydrogens is 230 g/mol. The zero-order chi connectivity index (χ0) is 13.0. The van der Waals surface area contributed by atoms with Crippen LogP contribution in [0.15, 0.2) is 43.0 Å². The van der Waals surface area contributed by atoms with Crippen molar-refractivity contribution in [1.29, 1.82) is 0 Å². The zero-order valence-corrected chi connectivity index (χ0v) is 9.96. The molecule has 0 aliphatic carbocycles. The van der Waals surface area contributed by atoms with Crippen LogP contribution in [0.1, 0.15) is 17.3 Å². The second-order valence-electron chi connectivity index (χ2n) is 3.92. The van der Waals surface area contributed by atoms with Crippen molar-refractivity contribution >= 4 is 17.4 Å². The fourth-order valence-corrected chi connectivity index (χ4v) is 1.53. The van der Waals surface area contributed by atoms with Crippen molar-refractivity contribution in [2.75, 3.05) is 5.32 Å². The fourth-order valence-electron chi connectivity index (χ4n) is 1.53. The van der Waals surface area contributed by atoms with Crippen molar-refractivity contribution in [3.8, 4) is 0 Å². The highest BCUT2D eigenvalue weighted by molar-refractivity contribution is 5.95. The minimum absolute atomic E-state index is 0.00583. The Morgan fingerprint density at radius 2 is 2.00 bits per heavy atom. The third-order valence-electron chi connectivity index (χ3n) is 2.46. The first-order valence-electron chi connectivity index (χ1n) is 5.52. The zero-order valence-electron chi connectivity index (χ0n) is 9.96. The molecule has 0 aliphatic rings. The standard InChI is InChI=1S/C13H13N3O2/c1-10(17)11-2-4-12(5-3-11)15-13(18)8-16-7-6-14-9-16/h2-7,9H,8H2,1H3,(H,15,18). The predicted octanol–water partition coefficient (Wildman–Crippen LogP) is 1.72. The lowest BCUT2D eigenvalue weighted by Crippen LogP contribution is -2.17. The summed E-state index contributed by atoms with van der Waals surface area (Å²) in [7, 11) is 0. The van der Waals surface area contributed by atoms with E-state index in [4.69, 9.17) is 0 Å². The lowest BCUT2D eigenvalue weighted by molar-refractivity contribution is -0.116. The summed E-state index contributed by atoms with van der Waals surface area (Å²) in [6.45, 7) is 1.72. The SMILES string of the molecule is CC(=O)c1ccc(NC(=O)Cn2ccnc2)cc1. The maximum atomic E-state index is 11.7. The van der Waals surface area contributed by atoms with Crippen LogP contribution in [0.3, 0.4) is 0 Å². The van der Waals surface area contributed by atoms with E-state index in [-0.39, 0.29) is 18.2 Å². The lowest BCUT2D eigenvalue weighted by atomic mass is 10.1. The number of Topliss-reactive ketones (excluding diaryl/α,β-unsaturated/α-hetero) is 1. The van der Waals surface area contributed by atoms with Gasteiger partial charge in [-0.1, -0.05) is 0 Å². The number of carbonyl (C=O) groups is 2. The van der Waals surface area contributed by atoms with Gasteiger partial charge in [-0.3, -0.25) is 9.59 Å². The van der Waals surface area contributed by atoms with Crippen LogP contribution < -0.4 is 5.32 Å². The summed E-state index contributed by atoms with van der Waals surface area (Å²) in [5, 5.41) is 2.75. The molecule has 5 heteroatoms. The Morgan fingerprint density at radius 1 is 1.28 bits per heavy atom. The fraction of sp³-hybridized carbons (Fsp3) is 0.154. The van der Waals surface area contributed by atoms with Gasteiger partial charge < -0.3 is 9.88 Å². The molecule has 2 rings (SSSR count). The minimum Gasteiger partial charge on any atom is -0.328 e. The quantitative estimate of drug-likeness (QED) is 0.832. The van der Waals surface area contributed by atoms with E-state index in [1.54, 1.807) is 47.6 Å². The van der Waals surface area contributed by atoms with Crippen molar-refractivity contribution in [1.82, 2.24) is 9.55 Å². The summed E-state index contributed by atoms with van der Waals surface area (Å²) in [6, 6.07) is 6.80. The van der Waals surface area contributed by atoms with Gasteiger partial charge in [-0.25, -0.2) is 4.98 Å². The molecule has 0 bridgehead atoms. The Labute approximate surface area is 104 Å². The van der Waals surface area contributed by atoms with Gasteiger partial charge in [0.25, 0.3) is 0 Å². The molecule has 0 saturated heterocycles. The molecule has 1 aromatic carbocycles. The van der Waals surface area contributed by atoms with Gasteiger partial charge in [-0.05, 0) is 31.2 Å². The van der Waals surface area contributed by atoms with Crippen molar-refractivity contribution in [3.63, 3.8) is 0 Å². The first-order chi connectivity index (χ1) is 8.65. The number of nitrogens with one attached hydrogen (secondary N) is 1. The topological polar surface area (TPSA) is 64.0 Å². The molecule has 1 aromatic heterocycles. The molecule has 0 spiro atoms. The largest absolute Gasteiger partial charge is 0.328 e. The summed E-state index contributed by atoms with van der Waals surface area (Å²) in [5.41, 5.74) is 1.30. The number of ketones is 1. The van der Waals surface area contributed by atoms with Gasteiger partial charge >= 0.3 is 0 Å². The predicted molar refractivity (Wildman–Crippen MR) is 67.3 cm³/mol. The number of aromatic nitrogens is 2. The minimum atomic E-state index is -0.136. The Bertz CT molecular complexity index is 544. The second kappa shape index (κ2) is 5.27. The third kappa shape index (κ3) is 3.04. The first-order valence-corrected chi connectivity index (χ1v) is 5.52. The van der Waals surface area contributed by atoms with E-state index in [2.05, 4.69) is 10.3 Å². The maximum absolute atomic E-state index is 11.7. The van der Waals surface area contributed by atoms with Gasteiger partial charge in [0.05, 0.1) is 6.33 Å². The van der Waals surface area contributed by atoms with Crippen LogP contribution in [-0.4, -0.2) is 21.2 Å². The molecule has 0 saturated carbocycles. The van der Waals surface area contributed by atoms with Gasteiger partial charge in [-0.2, -0.15) is 0 Å². The van der Waals surface area contributed by atoms with E-state index >= 15 is 0 Å². The number of amides is 1. The van der Waals surface area contributed by atoms with Crippen LogP contribution in [0.2, 0.25) is 0 Å². The average molecular weight is 243 g/mol. The number of anilines is 1. The van der Waals surface area contributed by atoms with Gasteiger partial charge in [-0.15, -0.1) is 0 Å². The smallest absolute Gasteiger partial charge is 0.244 e. The molecule has 0 aliphatic heterocycles. The molecule has 0 atom stereocenters. The third-order valence-corrected chi connectivity index (χ3v) is 2.46. The van der Waals surface area contributed by atoms with Gasteiger partial charge in [0.15, 0.2) is 5.78 Å². The van der Waals surface area contributed by atoms with E-state index in [1.807, 2.05) is 0 Å². The van der Waals surface area contributed by atoms with Crippen molar-refractivity contribution in [3.05, 3.63) is 48.5 Å².